The molecule has 0 saturated carbocycles. The molecular formula is C18H11F3NO4S-. The highest BCUT2D eigenvalue weighted by atomic mass is 32.2. The molecule has 27 heavy (non-hydrogen) atoms. The van der Waals surface area contributed by atoms with Gasteiger partial charge in [-0.1, -0.05) is 47.6 Å². The average molecular weight is 394 g/mol. The molecule has 0 aliphatic carbocycles. The molecule has 1 aromatic heterocycles. The number of hydrogen-bond acceptors (Lipinski definition) is 5. The van der Waals surface area contributed by atoms with E-state index in [9.17, 15) is 26.7 Å². The van der Waals surface area contributed by atoms with Crippen molar-refractivity contribution >= 4 is 16.9 Å². The molecule has 0 spiro atoms. The molecule has 1 atom stereocenters. The molecule has 0 radical (unpaired) electrons. The number of hydrogen-bond donors (Lipinski definition) is 0. The standard InChI is InChI=1S/C18H12F3NO4S/c19-18(20,21)15(23)10-14-16(11-6-8-13(9-7-11)27(24)25)17(22-26-14)12-4-2-1-3-5-12/h1-9H,10H2,(H,24,25)/p-1. The van der Waals surface area contributed by atoms with Crippen LogP contribution in [-0.4, -0.2) is 25.9 Å². The van der Waals surface area contributed by atoms with E-state index in [0.29, 0.717) is 11.1 Å². The Morgan fingerprint density at radius 2 is 1.67 bits per heavy atom. The van der Waals surface area contributed by atoms with E-state index < -0.39 is 29.5 Å². The topological polar surface area (TPSA) is 83.2 Å². The summed E-state index contributed by atoms with van der Waals surface area (Å²) < 4.78 is 65.1. The monoisotopic (exact) mass is 394 g/mol. The van der Waals surface area contributed by atoms with Gasteiger partial charge in [0.1, 0.15) is 5.69 Å². The number of halogens is 3. The van der Waals surface area contributed by atoms with E-state index in [1.165, 1.54) is 24.3 Å². The molecule has 0 N–H and O–H groups in total. The fourth-order valence-electron chi connectivity index (χ4n) is 2.51. The van der Waals surface area contributed by atoms with Gasteiger partial charge in [-0.2, -0.15) is 13.2 Å². The van der Waals surface area contributed by atoms with Gasteiger partial charge in [-0.25, -0.2) is 0 Å². The van der Waals surface area contributed by atoms with Crippen LogP contribution in [0.3, 0.4) is 0 Å². The minimum atomic E-state index is -5.00. The third-order valence-corrected chi connectivity index (χ3v) is 4.44. The Morgan fingerprint density at radius 1 is 1.04 bits per heavy atom. The maximum absolute atomic E-state index is 12.7. The van der Waals surface area contributed by atoms with Crippen LogP contribution >= 0.6 is 0 Å². The first-order valence-corrected chi connectivity index (χ1v) is 8.68. The van der Waals surface area contributed by atoms with E-state index in [4.69, 9.17) is 4.52 Å². The highest BCUT2D eigenvalue weighted by molar-refractivity contribution is 7.79. The Labute approximate surface area is 154 Å². The Morgan fingerprint density at radius 3 is 2.22 bits per heavy atom. The van der Waals surface area contributed by atoms with E-state index in [2.05, 4.69) is 5.16 Å². The van der Waals surface area contributed by atoms with Crippen LogP contribution < -0.4 is 0 Å². The first-order valence-electron chi connectivity index (χ1n) is 7.61. The number of alkyl halides is 3. The van der Waals surface area contributed by atoms with Gasteiger partial charge in [0.25, 0.3) is 0 Å². The van der Waals surface area contributed by atoms with Crippen LogP contribution in [0.5, 0.6) is 0 Å². The van der Waals surface area contributed by atoms with Gasteiger partial charge < -0.3 is 9.08 Å². The summed E-state index contributed by atoms with van der Waals surface area (Å²) in [4.78, 5) is 11.4. The normalized spacial score (nSPS) is 12.7. The molecule has 2 aromatic carbocycles. The van der Waals surface area contributed by atoms with E-state index in [1.54, 1.807) is 30.3 Å². The van der Waals surface area contributed by atoms with Crippen LogP contribution in [0.15, 0.2) is 64.0 Å². The van der Waals surface area contributed by atoms with Gasteiger partial charge in [0.05, 0.1) is 12.0 Å². The van der Waals surface area contributed by atoms with Gasteiger partial charge in [-0.15, -0.1) is 0 Å². The molecule has 1 heterocycles. The molecule has 3 aromatic rings. The van der Waals surface area contributed by atoms with Gasteiger partial charge in [0.15, 0.2) is 5.76 Å². The van der Waals surface area contributed by atoms with Crippen molar-refractivity contribution in [1.29, 1.82) is 0 Å². The number of carbonyl (C=O) groups excluding carboxylic acids is 1. The fraction of sp³-hybridized carbons (Fsp3) is 0.111. The van der Waals surface area contributed by atoms with Crippen molar-refractivity contribution in [3.05, 3.63) is 60.4 Å². The third-order valence-electron chi connectivity index (χ3n) is 3.78. The second kappa shape index (κ2) is 7.45. The van der Waals surface area contributed by atoms with Crippen molar-refractivity contribution < 1.29 is 31.3 Å². The zero-order chi connectivity index (χ0) is 19.6. The maximum atomic E-state index is 12.7. The molecule has 0 bridgehead atoms. The summed E-state index contributed by atoms with van der Waals surface area (Å²) in [7, 11) is 0. The van der Waals surface area contributed by atoms with Crippen molar-refractivity contribution in [1.82, 2.24) is 5.16 Å². The molecule has 9 heteroatoms. The second-order valence-corrected chi connectivity index (χ2v) is 6.49. The summed E-state index contributed by atoms with van der Waals surface area (Å²) in [5, 5.41) is 3.84. The van der Waals surface area contributed by atoms with Crippen molar-refractivity contribution in [2.24, 2.45) is 0 Å². The van der Waals surface area contributed by atoms with Crippen LogP contribution in [-0.2, 0) is 22.3 Å². The lowest BCUT2D eigenvalue weighted by atomic mass is 9.97. The Kier molecular flexibility index (Phi) is 5.24. The number of benzene rings is 2. The lowest BCUT2D eigenvalue weighted by Gasteiger charge is -2.09. The van der Waals surface area contributed by atoms with Crippen LogP contribution in [0.1, 0.15) is 5.76 Å². The summed E-state index contributed by atoms with van der Waals surface area (Å²) in [5.74, 6) is -2.20. The molecule has 0 fully saturated rings. The third kappa shape index (κ3) is 4.15. The second-order valence-electron chi connectivity index (χ2n) is 5.55. The van der Waals surface area contributed by atoms with Crippen molar-refractivity contribution in [2.45, 2.75) is 17.5 Å². The number of nitrogens with zero attached hydrogens (tertiary/aromatic N) is 1. The predicted octanol–water partition coefficient (Wildman–Crippen LogP) is 3.92. The predicted molar refractivity (Wildman–Crippen MR) is 89.3 cm³/mol. The highest BCUT2D eigenvalue weighted by Crippen LogP contribution is 2.36. The van der Waals surface area contributed by atoms with E-state index in [0.717, 1.165) is 0 Å². The molecule has 0 amide bonds. The number of Topliss-reactive ketones (excluding diaryl/α,β-unsaturated/α-hetero) is 1. The van der Waals surface area contributed by atoms with E-state index >= 15 is 0 Å². The van der Waals surface area contributed by atoms with Gasteiger partial charge in [0, 0.05) is 10.5 Å². The van der Waals surface area contributed by atoms with Crippen LogP contribution in [0.25, 0.3) is 22.4 Å². The molecule has 5 nitrogen and oxygen atoms in total. The Hall–Kier alpha value is -2.78. The van der Waals surface area contributed by atoms with Crippen molar-refractivity contribution in [2.75, 3.05) is 0 Å². The Bertz CT molecular complexity index is 982. The van der Waals surface area contributed by atoms with Crippen molar-refractivity contribution in [3.8, 4) is 22.4 Å². The molecule has 0 saturated heterocycles. The minimum Gasteiger partial charge on any atom is -0.768 e. The lowest BCUT2D eigenvalue weighted by Crippen LogP contribution is -2.24. The first kappa shape index (κ1) is 19.0. The zero-order valence-electron chi connectivity index (χ0n) is 13.5. The number of aromatic nitrogens is 1. The SMILES string of the molecule is O=C(Cc1onc(-c2ccccc2)c1-c1ccc(S(=O)[O-])cc1)C(F)(F)F. The number of carbonyl (C=O) groups is 1. The van der Waals surface area contributed by atoms with Gasteiger partial charge >= 0.3 is 6.18 Å². The maximum Gasteiger partial charge on any atom is 0.450 e. The number of ketones is 1. The summed E-state index contributed by atoms with van der Waals surface area (Å²) >= 11 is -2.44. The van der Waals surface area contributed by atoms with Crippen molar-refractivity contribution in [3.63, 3.8) is 0 Å². The highest BCUT2D eigenvalue weighted by Gasteiger charge is 2.39. The van der Waals surface area contributed by atoms with Crippen LogP contribution in [0, 0.1) is 0 Å². The average Bonchev–Trinajstić information content (AvgIpc) is 3.05. The molecule has 1 unspecified atom stereocenters. The molecule has 0 aliphatic rings. The van der Waals surface area contributed by atoms with E-state index in [-0.39, 0.29) is 21.9 Å². The lowest BCUT2D eigenvalue weighted by molar-refractivity contribution is -0.170. The summed E-state index contributed by atoms with van der Waals surface area (Å²) in [6, 6.07) is 14.0. The van der Waals surface area contributed by atoms with Gasteiger partial charge in [-0.05, 0) is 28.8 Å². The van der Waals surface area contributed by atoms with Crippen LogP contribution in [0.2, 0.25) is 0 Å². The molecular weight excluding hydrogens is 383 g/mol. The summed E-state index contributed by atoms with van der Waals surface area (Å²) in [5.41, 5.74) is 1.44. The molecule has 140 valence electrons. The number of rotatable bonds is 5. The molecule has 3 rings (SSSR count). The van der Waals surface area contributed by atoms with E-state index in [1.807, 2.05) is 0 Å². The molecule has 0 aliphatic heterocycles. The minimum absolute atomic E-state index is 0.0179. The summed E-state index contributed by atoms with van der Waals surface area (Å²) in [6.07, 6.45) is -6.01. The fourth-order valence-corrected chi connectivity index (χ4v) is 2.87. The largest absolute Gasteiger partial charge is 0.768 e. The Balaban J connectivity index is 2.11. The quantitative estimate of drug-likeness (QED) is 0.613. The summed E-state index contributed by atoms with van der Waals surface area (Å²) in [6.45, 7) is 0. The first-order chi connectivity index (χ1) is 12.8. The smallest absolute Gasteiger partial charge is 0.450 e. The van der Waals surface area contributed by atoms with Crippen LogP contribution in [0.4, 0.5) is 13.2 Å². The van der Waals surface area contributed by atoms with Gasteiger partial charge in [0.2, 0.25) is 5.78 Å². The van der Waals surface area contributed by atoms with Gasteiger partial charge in [-0.3, -0.25) is 9.00 Å². The zero-order valence-corrected chi connectivity index (χ0v) is 14.3.